The van der Waals surface area contributed by atoms with E-state index in [0.29, 0.717) is 5.56 Å². The number of amides is 1. The molecule has 1 atom stereocenters. The van der Waals surface area contributed by atoms with Crippen molar-refractivity contribution in [3.63, 3.8) is 0 Å². The molecule has 0 spiro atoms. The molecule has 0 fully saturated rings. The lowest BCUT2D eigenvalue weighted by atomic mass is 10.2. The number of hydrogen-bond acceptors (Lipinski definition) is 4. The van der Waals surface area contributed by atoms with E-state index < -0.39 is 28.7 Å². The van der Waals surface area contributed by atoms with Crippen molar-refractivity contribution in [2.24, 2.45) is 0 Å². The molecule has 1 aromatic rings. The number of aliphatic hydroxyl groups is 1. The van der Waals surface area contributed by atoms with Gasteiger partial charge in [-0.05, 0) is 19.9 Å². The molecule has 2 N–H and O–H groups in total. The van der Waals surface area contributed by atoms with Crippen molar-refractivity contribution in [2.45, 2.75) is 31.0 Å². The van der Waals surface area contributed by atoms with Crippen LogP contribution in [0.2, 0.25) is 0 Å². The molecular weight excluding hydrogens is 268 g/mol. The van der Waals surface area contributed by atoms with Crippen LogP contribution in [-0.2, 0) is 14.8 Å². The first kappa shape index (κ1) is 14.0. The molecule has 0 radical (unpaired) electrons. The maximum Gasteiger partial charge on any atom is 0.246 e. The van der Waals surface area contributed by atoms with Crippen LogP contribution in [0.3, 0.4) is 0 Å². The van der Waals surface area contributed by atoms with Gasteiger partial charge < -0.3 is 10.4 Å². The van der Waals surface area contributed by atoms with Crippen molar-refractivity contribution in [1.29, 1.82) is 0 Å². The maximum atomic E-state index is 12.2. The SMILES string of the molecule is CC(C)NC(=O)CN1C(O)c2ccccc2S1(=O)=O. The summed E-state index contributed by atoms with van der Waals surface area (Å²) in [7, 11) is -3.80. The molecule has 104 valence electrons. The van der Waals surface area contributed by atoms with Crippen LogP contribution in [0.25, 0.3) is 0 Å². The van der Waals surface area contributed by atoms with Gasteiger partial charge in [-0.1, -0.05) is 18.2 Å². The highest BCUT2D eigenvalue weighted by Gasteiger charge is 2.42. The smallest absolute Gasteiger partial charge is 0.246 e. The Kier molecular flexibility index (Phi) is 3.62. The van der Waals surface area contributed by atoms with Gasteiger partial charge in [0.05, 0.1) is 11.4 Å². The lowest BCUT2D eigenvalue weighted by Crippen LogP contribution is -2.41. The Morgan fingerprint density at radius 3 is 2.63 bits per heavy atom. The number of sulfonamides is 1. The second kappa shape index (κ2) is 4.92. The lowest BCUT2D eigenvalue weighted by molar-refractivity contribution is -0.123. The molecule has 0 aromatic heterocycles. The Labute approximate surface area is 112 Å². The van der Waals surface area contributed by atoms with Crippen molar-refractivity contribution < 1.29 is 18.3 Å². The molecule has 1 aromatic carbocycles. The summed E-state index contributed by atoms with van der Waals surface area (Å²) < 4.78 is 25.2. The van der Waals surface area contributed by atoms with Crippen molar-refractivity contribution >= 4 is 15.9 Å². The fourth-order valence-corrected chi connectivity index (χ4v) is 3.66. The predicted octanol–water partition coefficient (Wildman–Crippen LogP) is 0.206. The fraction of sp³-hybridized carbons (Fsp3) is 0.417. The largest absolute Gasteiger partial charge is 0.373 e. The second-order valence-electron chi connectivity index (χ2n) is 4.68. The summed E-state index contributed by atoms with van der Waals surface area (Å²) >= 11 is 0. The number of rotatable bonds is 3. The van der Waals surface area contributed by atoms with Crippen molar-refractivity contribution in [3.05, 3.63) is 29.8 Å². The molecule has 1 aliphatic heterocycles. The second-order valence-corrected chi connectivity index (χ2v) is 6.54. The van der Waals surface area contributed by atoms with Gasteiger partial charge >= 0.3 is 0 Å². The number of hydrogen-bond donors (Lipinski definition) is 2. The topological polar surface area (TPSA) is 86.7 Å². The zero-order valence-electron chi connectivity index (χ0n) is 10.7. The minimum Gasteiger partial charge on any atom is -0.373 e. The predicted molar refractivity (Wildman–Crippen MR) is 68.6 cm³/mol. The van der Waals surface area contributed by atoms with E-state index in [-0.39, 0.29) is 10.9 Å². The maximum absolute atomic E-state index is 12.2. The summed E-state index contributed by atoms with van der Waals surface area (Å²) in [6.45, 7) is 3.17. The Morgan fingerprint density at radius 2 is 2.05 bits per heavy atom. The van der Waals surface area contributed by atoms with E-state index in [1.165, 1.54) is 12.1 Å². The standard InChI is InChI=1S/C12H16N2O4S/c1-8(2)13-11(15)7-14-12(16)9-5-3-4-6-10(9)19(14,17)18/h3-6,8,12,16H,7H2,1-2H3,(H,13,15). The molecule has 1 amide bonds. The van der Waals surface area contributed by atoms with E-state index in [4.69, 9.17) is 0 Å². The van der Waals surface area contributed by atoms with E-state index in [1.54, 1.807) is 26.0 Å². The highest BCUT2D eigenvalue weighted by atomic mass is 32.2. The van der Waals surface area contributed by atoms with Crippen molar-refractivity contribution in [3.8, 4) is 0 Å². The van der Waals surface area contributed by atoms with Crippen LogP contribution >= 0.6 is 0 Å². The van der Waals surface area contributed by atoms with Gasteiger partial charge in [0.25, 0.3) is 0 Å². The zero-order chi connectivity index (χ0) is 14.2. The molecule has 0 aliphatic carbocycles. The van der Waals surface area contributed by atoms with Gasteiger partial charge in [0.2, 0.25) is 15.9 Å². The summed E-state index contributed by atoms with van der Waals surface area (Å²) in [6.07, 6.45) is -1.31. The average molecular weight is 284 g/mol. The van der Waals surface area contributed by atoms with Gasteiger partial charge in [-0.15, -0.1) is 0 Å². The van der Waals surface area contributed by atoms with E-state index in [0.717, 1.165) is 4.31 Å². The van der Waals surface area contributed by atoms with Gasteiger partial charge in [-0.2, -0.15) is 4.31 Å². The van der Waals surface area contributed by atoms with E-state index in [9.17, 15) is 18.3 Å². The molecule has 1 unspecified atom stereocenters. The van der Waals surface area contributed by atoms with Crippen molar-refractivity contribution in [1.82, 2.24) is 9.62 Å². The number of benzene rings is 1. The van der Waals surface area contributed by atoms with Crippen molar-refractivity contribution in [2.75, 3.05) is 6.54 Å². The first-order chi connectivity index (χ1) is 8.84. The van der Waals surface area contributed by atoms with Crippen LogP contribution in [-0.4, -0.2) is 36.3 Å². The summed E-state index contributed by atoms with van der Waals surface area (Å²) in [5.74, 6) is -0.439. The third kappa shape index (κ3) is 2.49. The van der Waals surface area contributed by atoms with Gasteiger partial charge in [0.1, 0.15) is 6.23 Å². The van der Waals surface area contributed by atoms with Crippen LogP contribution in [0, 0.1) is 0 Å². The van der Waals surface area contributed by atoms with Gasteiger partial charge in [-0.3, -0.25) is 4.79 Å². The number of nitrogens with zero attached hydrogens (tertiary/aromatic N) is 1. The minimum absolute atomic E-state index is 0.0554. The first-order valence-electron chi connectivity index (χ1n) is 5.92. The lowest BCUT2D eigenvalue weighted by Gasteiger charge is -2.19. The minimum atomic E-state index is -3.80. The quantitative estimate of drug-likeness (QED) is 0.830. The number of carbonyl (C=O) groups is 1. The van der Waals surface area contributed by atoms with Crippen LogP contribution < -0.4 is 5.32 Å². The monoisotopic (exact) mass is 284 g/mol. The molecule has 19 heavy (non-hydrogen) atoms. The molecule has 6 nitrogen and oxygen atoms in total. The molecule has 1 heterocycles. The molecule has 1 aliphatic rings. The van der Waals surface area contributed by atoms with E-state index >= 15 is 0 Å². The number of nitrogens with one attached hydrogen (secondary N) is 1. The van der Waals surface area contributed by atoms with Crippen LogP contribution in [0.1, 0.15) is 25.6 Å². The zero-order valence-corrected chi connectivity index (χ0v) is 11.5. The molecule has 0 saturated carbocycles. The molecule has 0 saturated heterocycles. The molecule has 0 bridgehead atoms. The summed E-state index contributed by atoms with van der Waals surface area (Å²) in [4.78, 5) is 11.7. The summed E-state index contributed by atoms with van der Waals surface area (Å²) in [6, 6.07) is 6.11. The Morgan fingerprint density at radius 1 is 1.42 bits per heavy atom. The first-order valence-corrected chi connectivity index (χ1v) is 7.36. The fourth-order valence-electron chi connectivity index (χ4n) is 2.02. The third-order valence-electron chi connectivity index (χ3n) is 2.81. The number of fused-ring (bicyclic) bond motifs is 1. The normalized spacial score (nSPS) is 21.4. The number of aliphatic hydroxyl groups excluding tert-OH is 1. The van der Waals surface area contributed by atoms with Crippen LogP contribution in [0.15, 0.2) is 29.2 Å². The highest BCUT2D eigenvalue weighted by molar-refractivity contribution is 7.89. The average Bonchev–Trinajstić information content (AvgIpc) is 2.51. The Balaban J connectivity index is 2.28. The Hall–Kier alpha value is -1.44. The van der Waals surface area contributed by atoms with Gasteiger partial charge in [-0.25, -0.2) is 8.42 Å². The summed E-state index contributed by atoms with van der Waals surface area (Å²) in [5, 5.41) is 12.6. The summed E-state index contributed by atoms with van der Waals surface area (Å²) in [5.41, 5.74) is 0.305. The Bertz CT molecular complexity index is 598. The van der Waals surface area contributed by atoms with E-state index in [2.05, 4.69) is 5.32 Å². The van der Waals surface area contributed by atoms with E-state index in [1.807, 2.05) is 0 Å². The third-order valence-corrected chi connectivity index (χ3v) is 4.68. The van der Waals surface area contributed by atoms with Gasteiger partial charge in [0, 0.05) is 11.6 Å². The molecular formula is C12H16N2O4S. The molecule has 7 heteroatoms. The van der Waals surface area contributed by atoms with Crippen LogP contribution in [0.5, 0.6) is 0 Å². The van der Waals surface area contributed by atoms with Gasteiger partial charge in [0.15, 0.2) is 0 Å². The van der Waals surface area contributed by atoms with Crippen LogP contribution in [0.4, 0.5) is 0 Å². The number of carbonyl (C=O) groups excluding carboxylic acids is 1. The highest BCUT2D eigenvalue weighted by Crippen LogP contribution is 2.37. The molecule has 2 rings (SSSR count).